The van der Waals surface area contributed by atoms with Crippen LogP contribution in [-0.4, -0.2) is 36.4 Å². The van der Waals surface area contributed by atoms with E-state index in [-0.39, 0.29) is 29.9 Å². The van der Waals surface area contributed by atoms with Crippen LogP contribution in [0.2, 0.25) is 0 Å². The number of amides is 1. The van der Waals surface area contributed by atoms with Crippen molar-refractivity contribution < 1.29 is 17.6 Å². The van der Waals surface area contributed by atoms with E-state index < -0.39 is 15.6 Å². The van der Waals surface area contributed by atoms with Crippen LogP contribution in [-0.2, 0) is 28.1 Å². The lowest BCUT2D eigenvalue weighted by Crippen LogP contribution is -2.35. The predicted octanol–water partition coefficient (Wildman–Crippen LogP) is 0.367. The van der Waals surface area contributed by atoms with Crippen LogP contribution in [0, 0.1) is 0 Å². The summed E-state index contributed by atoms with van der Waals surface area (Å²) < 4.78 is 29.2. The summed E-state index contributed by atoms with van der Waals surface area (Å²) in [5.41, 5.74) is 2.12. The third-order valence-electron chi connectivity index (χ3n) is 4.09. The topological polar surface area (TPSA) is 98.4 Å². The summed E-state index contributed by atoms with van der Waals surface area (Å²) in [4.78, 5) is 23.4. The van der Waals surface area contributed by atoms with Gasteiger partial charge in [-0.3, -0.25) is 9.36 Å². The summed E-state index contributed by atoms with van der Waals surface area (Å²) in [6.45, 7) is 0. The van der Waals surface area contributed by atoms with Crippen molar-refractivity contribution in [2.45, 2.75) is 25.3 Å². The second kappa shape index (κ2) is 5.84. The number of sulfone groups is 1. The van der Waals surface area contributed by atoms with E-state index in [4.69, 9.17) is 4.42 Å². The first-order chi connectivity index (χ1) is 10.8. The maximum atomic E-state index is 11.9. The fourth-order valence-corrected chi connectivity index (χ4v) is 4.47. The number of fused-ring (bicyclic) bond motifs is 1. The van der Waals surface area contributed by atoms with E-state index in [0.29, 0.717) is 23.9 Å². The van der Waals surface area contributed by atoms with Crippen LogP contribution >= 0.6 is 0 Å². The van der Waals surface area contributed by atoms with Gasteiger partial charge in [-0.05, 0) is 30.5 Å². The van der Waals surface area contributed by atoms with Gasteiger partial charge in [-0.2, -0.15) is 0 Å². The lowest BCUT2D eigenvalue weighted by Gasteiger charge is -2.10. The van der Waals surface area contributed by atoms with E-state index >= 15 is 0 Å². The highest BCUT2D eigenvalue weighted by Gasteiger charge is 2.28. The molecule has 124 valence electrons. The number of aryl methyl sites for hydroxylation is 2. The van der Waals surface area contributed by atoms with Gasteiger partial charge in [-0.1, -0.05) is 6.07 Å². The summed E-state index contributed by atoms with van der Waals surface area (Å²) in [6, 6.07) is 5.09. The largest absolute Gasteiger partial charge is 0.419 e. The van der Waals surface area contributed by atoms with E-state index in [1.165, 1.54) is 4.57 Å². The Morgan fingerprint density at radius 3 is 2.91 bits per heavy atom. The Kier molecular flexibility index (Phi) is 4.01. The number of hydrogen-bond acceptors (Lipinski definition) is 5. The molecule has 7 nitrogen and oxygen atoms in total. The van der Waals surface area contributed by atoms with Crippen molar-refractivity contribution in [3.63, 3.8) is 0 Å². The summed E-state index contributed by atoms with van der Waals surface area (Å²) in [7, 11) is -1.36. The Morgan fingerprint density at radius 2 is 2.22 bits per heavy atom. The van der Waals surface area contributed by atoms with Gasteiger partial charge < -0.3 is 9.73 Å². The number of nitrogens with one attached hydrogen (secondary N) is 1. The molecule has 0 saturated carbocycles. The number of oxazole rings is 1. The van der Waals surface area contributed by atoms with Crippen molar-refractivity contribution >= 4 is 26.8 Å². The maximum Gasteiger partial charge on any atom is 0.419 e. The number of carbonyl (C=O) groups excluding carboxylic acids is 1. The third kappa shape index (κ3) is 3.47. The number of nitrogens with zero attached hydrogens (tertiary/aromatic N) is 1. The lowest BCUT2D eigenvalue weighted by molar-refractivity contribution is -0.121. The molecule has 0 radical (unpaired) electrons. The van der Waals surface area contributed by atoms with Gasteiger partial charge in [0.2, 0.25) is 5.91 Å². The highest BCUT2D eigenvalue weighted by atomic mass is 32.2. The Balaban J connectivity index is 1.61. The molecule has 1 N–H and O–H groups in total. The normalized spacial score (nSPS) is 20.0. The van der Waals surface area contributed by atoms with Crippen molar-refractivity contribution in [3.8, 4) is 0 Å². The molecule has 1 aromatic heterocycles. The van der Waals surface area contributed by atoms with Crippen molar-refractivity contribution in [1.82, 2.24) is 9.88 Å². The SMILES string of the molecule is Cn1c(=O)oc2ccc(CCC(=O)NC3CCS(=O)(=O)C3)cc21. The molecule has 1 unspecified atom stereocenters. The molecule has 1 atom stereocenters. The van der Waals surface area contributed by atoms with Crippen molar-refractivity contribution in [1.29, 1.82) is 0 Å². The van der Waals surface area contributed by atoms with Gasteiger partial charge in [-0.15, -0.1) is 0 Å². The molecule has 0 aliphatic carbocycles. The molecule has 1 aliphatic rings. The molecule has 1 aromatic carbocycles. The van der Waals surface area contributed by atoms with Gasteiger partial charge in [0.1, 0.15) is 0 Å². The van der Waals surface area contributed by atoms with E-state index in [9.17, 15) is 18.0 Å². The zero-order valence-corrected chi connectivity index (χ0v) is 13.6. The highest BCUT2D eigenvalue weighted by Crippen LogP contribution is 2.16. The van der Waals surface area contributed by atoms with Crippen LogP contribution < -0.4 is 11.1 Å². The van der Waals surface area contributed by atoms with Gasteiger partial charge in [0.25, 0.3) is 0 Å². The summed E-state index contributed by atoms with van der Waals surface area (Å²) >= 11 is 0. The van der Waals surface area contributed by atoms with Crippen molar-refractivity contribution in [2.75, 3.05) is 11.5 Å². The maximum absolute atomic E-state index is 11.9. The first kappa shape index (κ1) is 15.8. The summed E-state index contributed by atoms with van der Waals surface area (Å²) in [6.07, 6.45) is 1.27. The fraction of sp³-hybridized carbons (Fsp3) is 0.467. The molecule has 8 heteroatoms. The molecule has 2 aromatic rings. The minimum absolute atomic E-state index is 0.0296. The molecule has 0 spiro atoms. The Labute approximate surface area is 133 Å². The number of benzene rings is 1. The van der Waals surface area contributed by atoms with Gasteiger partial charge in [0, 0.05) is 19.5 Å². The average Bonchev–Trinajstić information content (AvgIpc) is 2.97. The molecule has 1 amide bonds. The minimum Gasteiger partial charge on any atom is -0.408 e. The van der Waals surface area contributed by atoms with Gasteiger partial charge in [0.05, 0.1) is 17.0 Å². The van der Waals surface area contributed by atoms with Crippen LogP contribution in [0.4, 0.5) is 0 Å². The van der Waals surface area contributed by atoms with Crippen LogP contribution in [0.5, 0.6) is 0 Å². The van der Waals surface area contributed by atoms with Crippen LogP contribution in [0.15, 0.2) is 27.4 Å². The number of rotatable bonds is 4. The average molecular weight is 338 g/mol. The van der Waals surface area contributed by atoms with Crippen LogP contribution in [0.3, 0.4) is 0 Å². The van der Waals surface area contributed by atoms with Crippen LogP contribution in [0.1, 0.15) is 18.4 Å². The standard InChI is InChI=1S/C15H18N2O5S/c1-17-12-8-10(2-4-13(12)22-15(17)19)3-5-14(18)16-11-6-7-23(20,21)9-11/h2,4,8,11H,3,5-7,9H2,1H3,(H,16,18). The zero-order valence-electron chi connectivity index (χ0n) is 12.7. The molecule has 23 heavy (non-hydrogen) atoms. The molecule has 0 bridgehead atoms. The molecule has 1 fully saturated rings. The first-order valence-electron chi connectivity index (χ1n) is 7.42. The molecular weight excluding hydrogens is 320 g/mol. The first-order valence-corrected chi connectivity index (χ1v) is 9.24. The van der Waals surface area contributed by atoms with E-state index in [1.54, 1.807) is 13.1 Å². The Hall–Kier alpha value is -2.09. The summed E-state index contributed by atoms with van der Waals surface area (Å²) in [5.74, 6) is -0.407. The zero-order chi connectivity index (χ0) is 16.6. The fourth-order valence-electron chi connectivity index (χ4n) is 2.79. The van der Waals surface area contributed by atoms with E-state index in [2.05, 4.69) is 5.32 Å². The Bertz CT molecular complexity index is 910. The van der Waals surface area contributed by atoms with Crippen LogP contribution in [0.25, 0.3) is 11.1 Å². The minimum atomic E-state index is -2.99. The smallest absolute Gasteiger partial charge is 0.408 e. The van der Waals surface area contributed by atoms with E-state index in [1.807, 2.05) is 12.1 Å². The molecule has 1 aliphatic heterocycles. The van der Waals surface area contributed by atoms with Crippen molar-refractivity contribution in [2.24, 2.45) is 7.05 Å². The molecular formula is C15H18N2O5S. The van der Waals surface area contributed by atoms with E-state index in [0.717, 1.165) is 5.56 Å². The number of carbonyl (C=O) groups is 1. The lowest BCUT2D eigenvalue weighted by atomic mass is 10.1. The molecule has 2 heterocycles. The van der Waals surface area contributed by atoms with Crippen molar-refractivity contribution in [3.05, 3.63) is 34.3 Å². The van der Waals surface area contributed by atoms with Gasteiger partial charge >= 0.3 is 5.76 Å². The quantitative estimate of drug-likeness (QED) is 0.868. The monoisotopic (exact) mass is 338 g/mol. The van der Waals surface area contributed by atoms with Gasteiger partial charge in [-0.25, -0.2) is 13.2 Å². The Morgan fingerprint density at radius 1 is 1.43 bits per heavy atom. The second-order valence-electron chi connectivity index (χ2n) is 5.90. The number of hydrogen-bond donors (Lipinski definition) is 1. The summed E-state index contributed by atoms with van der Waals surface area (Å²) in [5, 5.41) is 2.77. The highest BCUT2D eigenvalue weighted by molar-refractivity contribution is 7.91. The van der Waals surface area contributed by atoms with Gasteiger partial charge in [0.15, 0.2) is 15.4 Å². The molecule has 1 saturated heterocycles. The number of aromatic nitrogens is 1. The third-order valence-corrected chi connectivity index (χ3v) is 5.86. The predicted molar refractivity (Wildman–Crippen MR) is 85.0 cm³/mol. The molecule has 3 rings (SSSR count). The second-order valence-corrected chi connectivity index (χ2v) is 8.13.